The Morgan fingerprint density at radius 1 is 1.03 bits per heavy atom. The molecule has 5 heteroatoms. The molecule has 0 saturated heterocycles. The van der Waals surface area contributed by atoms with E-state index in [-0.39, 0.29) is 16.7 Å². The average molecular weight is 430 g/mol. The zero-order valence-corrected chi connectivity index (χ0v) is 18.8. The lowest BCUT2D eigenvalue weighted by Gasteiger charge is -2.28. The number of rotatable bonds is 5. The first-order valence-electron chi connectivity index (χ1n) is 10.8. The first-order valence-corrected chi connectivity index (χ1v) is 10.8. The molecule has 4 rings (SSSR count). The summed E-state index contributed by atoms with van der Waals surface area (Å²) in [4.78, 5) is 27.9. The van der Waals surface area contributed by atoms with E-state index in [4.69, 9.17) is 4.42 Å². The van der Waals surface area contributed by atoms with Gasteiger partial charge in [-0.3, -0.25) is 14.5 Å². The summed E-state index contributed by atoms with van der Waals surface area (Å²) in [5.41, 5.74) is 3.61. The molecule has 1 aliphatic heterocycles. The maximum atomic E-state index is 13.2. The van der Waals surface area contributed by atoms with Gasteiger partial charge in [-0.05, 0) is 52.8 Å². The highest BCUT2D eigenvalue weighted by Gasteiger charge is 2.45. The second kappa shape index (κ2) is 8.15. The van der Waals surface area contributed by atoms with Crippen molar-refractivity contribution in [3.63, 3.8) is 0 Å². The maximum absolute atomic E-state index is 13.2. The van der Waals surface area contributed by atoms with E-state index in [9.17, 15) is 14.7 Å². The van der Waals surface area contributed by atoms with E-state index in [2.05, 4.69) is 27.7 Å². The van der Waals surface area contributed by atoms with Crippen molar-refractivity contribution in [1.29, 1.82) is 0 Å². The molecule has 0 saturated carbocycles. The van der Waals surface area contributed by atoms with Crippen LogP contribution in [0.25, 0.3) is 0 Å². The van der Waals surface area contributed by atoms with Gasteiger partial charge in [0.05, 0.1) is 17.9 Å². The van der Waals surface area contributed by atoms with E-state index in [1.807, 2.05) is 48.5 Å². The van der Waals surface area contributed by atoms with E-state index in [1.54, 1.807) is 6.07 Å². The van der Waals surface area contributed by atoms with E-state index in [1.165, 1.54) is 17.2 Å². The number of aliphatic hydroxyl groups is 1. The lowest BCUT2D eigenvalue weighted by atomic mass is 9.87. The highest BCUT2D eigenvalue weighted by molar-refractivity contribution is 6.20. The topological polar surface area (TPSA) is 70.7 Å². The molecule has 5 nitrogen and oxygen atoms in total. The van der Waals surface area contributed by atoms with Crippen molar-refractivity contribution in [3.8, 4) is 0 Å². The van der Waals surface area contributed by atoms with Crippen molar-refractivity contribution in [1.82, 2.24) is 0 Å². The van der Waals surface area contributed by atoms with Crippen molar-refractivity contribution >= 4 is 17.4 Å². The monoisotopic (exact) mass is 429 g/mol. The number of aliphatic hydroxyl groups excluding tert-OH is 1. The van der Waals surface area contributed by atoms with Gasteiger partial charge in [0.25, 0.3) is 5.91 Å². The van der Waals surface area contributed by atoms with Crippen LogP contribution in [0.5, 0.6) is 0 Å². The summed E-state index contributed by atoms with van der Waals surface area (Å²) in [7, 11) is 0. The van der Waals surface area contributed by atoms with Gasteiger partial charge in [0.15, 0.2) is 11.5 Å². The number of nitrogens with zero attached hydrogens (tertiary/aromatic N) is 1. The summed E-state index contributed by atoms with van der Waals surface area (Å²) < 4.78 is 5.28. The van der Waals surface area contributed by atoms with Crippen LogP contribution in [-0.2, 0) is 16.6 Å². The van der Waals surface area contributed by atoms with Gasteiger partial charge in [0.1, 0.15) is 0 Å². The second-order valence-electron chi connectivity index (χ2n) is 9.04. The molecule has 0 spiro atoms. The number of hydrogen-bond donors (Lipinski definition) is 1. The molecule has 0 radical (unpaired) electrons. The molecule has 1 amide bonds. The Labute approximate surface area is 188 Å². The first-order chi connectivity index (χ1) is 15.2. The van der Waals surface area contributed by atoms with Crippen molar-refractivity contribution in [3.05, 3.63) is 101 Å². The number of aryl methyl sites for hydroxylation is 1. The molecule has 0 bridgehead atoms. The Morgan fingerprint density at radius 3 is 2.22 bits per heavy atom. The molecule has 3 aromatic rings. The Bertz CT molecular complexity index is 1160. The van der Waals surface area contributed by atoms with Crippen LogP contribution in [0.2, 0.25) is 0 Å². The van der Waals surface area contributed by atoms with E-state index >= 15 is 0 Å². The Hall–Kier alpha value is -3.60. The Morgan fingerprint density at radius 2 is 1.69 bits per heavy atom. The number of Topliss-reactive ketones (excluding diaryl/α,β-unsaturated/α-hetero) is 1. The minimum absolute atomic E-state index is 0.0223. The van der Waals surface area contributed by atoms with Crippen LogP contribution in [0.15, 0.2) is 82.7 Å². The fraction of sp³-hybridized carbons (Fsp3) is 0.259. The average Bonchev–Trinajstić information content (AvgIpc) is 3.40. The molecule has 32 heavy (non-hydrogen) atoms. The molecule has 1 aliphatic rings. The molecular formula is C27H27NO4. The highest BCUT2D eigenvalue weighted by Crippen LogP contribution is 2.42. The minimum atomic E-state index is -0.758. The van der Waals surface area contributed by atoms with Gasteiger partial charge < -0.3 is 9.52 Å². The Balaban J connectivity index is 1.83. The quantitative estimate of drug-likeness (QED) is 0.511. The van der Waals surface area contributed by atoms with Gasteiger partial charge >= 0.3 is 0 Å². The first kappa shape index (κ1) is 21.6. The number of furan rings is 1. The van der Waals surface area contributed by atoms with Crippen molar-refractivity contribution in [2.24, 2.45) is 0 Å². The van der Waals surface area contributed by atoms with Crippen LogP contribution < -0.4 is 4.90 Å². The summed E-state index contributed by atoms with van der Waals surface area (Å²) >= 11 is 0. The van der Waals surface area contributed by atoms with Gasteiger partial charge in [-0.1, -0.05) is 64.1 Å². The molecule has 164 valence electrons. The van der Waals surface area contributed by atoms with Crippen LogP contribution in [0.3, 0.4) is 0 Å². The SMILES string of the molecule is CCc1ccc(C2C(C(=O)c3ccco3)=C(O)C(=O)N2c2ccc(C(C)(C)C)cc2)cc1. The third kappa shape index (κ3) is 3.75. The number of anilines is 1. The second-order valence-corrected chi connectivity index (χ2v) is 9.04. The number of carbonyl (C=O) groups excluding carboxylic acids is 2. The van der Waals surface area contributed by atoms with Crippen molar-refractivity contribution in [2.45, 2.75) is 45.6 Å². The van der Waals surface area contributed by atoms with Crippen LogP contribution >= 0.6 is 0 Å². The predicted molar refractivity (Wildman–Crippen MR) is 124 cm³/mol. The molecule has 2 heterocycles. The lowest BCUT2D eigenvalue weighted by Crippen LogP contribution is -2.31. The number of carbonyl (C=O) groups is 2. The summed E-state index contributed by atoms with van der Waals surface area (Å²) in [5, 5.41) is 10.8. The summed E-state index contributed by atoms with van der Waals surface area (Å²) in [5.74, 6) is -1.57. The van der Waals surface area contributed by atoms with Gasteiger partial charge in [0.2, 0.25) is 5.78 Å². The molecule has 0 aliphatic carbocycles. The third-order valence-corrected chi connectivity index (χ3v) is 5.91. The van der Waals surface area contributed by atoms with Crippen LogP contribution in [0, 0.1) is 0 Å². The molecule has 1 aromatic heterocycles. The molecule has 2 aromatic carbocycles. The standard InChI is InChI=1S/C27H27NO4/c1-5-17-8-10-18(11-9-17)23-22(24(29)21-7-6-16-32-21)25(30)26(31)28(23)20-14-12-19(13-15-20)27(2,3)4/h6-16,23,30H,5H2,1-4H3. The molecule has 1 atom stereocenters. The van der Waals surface area contributed by atoms with Crippen LogP contribution in [-0.4, -0.2) is 16.8 Å². The van der Waals surface area contributed by atoms with E-state index in [0.29, 0.717) is 5.69 Å². The summed E-state index contributed by atoms with van der Waals surface area (Å²) in [6.45, 7) is 8.42. The smallest absolute Gasteiger partial charge is 0.294 e. The zero-order valence-electron chi connectivity index (χ0n) is 18.8. The number of hydrogen-bond acceptors (Lipinski definition) is 4. The van der Waals surface area contributed by atoms with E-state index < -0.39 is 23.5 Å². The molecular weight excluding hydrogens is 402 g/mol. The molecule has 0 fully saturated rings. The van der Waals surface area contributed by atoms with E-state index in [0.717, 1.165) is 23.1 Å². The number of benzene rings is 2. The largest absolute Gasteiger partial charge is 0.503 e. The molecule has 1 N–H and O–H groups in total. The number of ketones is 1. The van der Waals surface area contributed by atoms with Gasteiger partial charge in [0, 0.05) is 5.69 Å². The van der Waals surface area contributed by atoms with Gasteiger partial charge in [-0.25, -0.2) is 0 Å². The van der Waals surface area contributed by atoms with Crippen molar-refractivity contribution < 1.29 is 19.1 Å². The summed E-state index contributed by atoms with van der Waals surface area (Å²) in [6, 6.07) is 17.8. The lowest BCUT2D eigenvalue weighted by molar-refractivity contribution is -0.117. The molecule has 1 unspecified atom stereocenters. The van der Waals surface area contributed by atoms with Gasteiger partial charge in [-0.2, -0.15) is 0 Å². The predicted octanol–water partition coefficient (Wildman–Crippen LogP) is 5.92. The fourth-order valence-electron chi connectivity index (χ4n) is 4.02. The van der Waals surface area contributed by atoms with Crippen LogP contribution in [0.1, 0.15) is 61.0 Å². The Kier molecular flexibility index (Phi) is 5.51. The van der Waals surface area contributed by atoms with Crippen LogP contribution in [0.4, 0.5) is 5.69 Å². The third-order valence-electron chi connectivity index (χ3n) is 5.91. The number of amides is 1. The maximum Gasteiger partial charge on any atom is 0.294 e. The minimum Gasteiger partial charge on any atom is -0.503 e. The van der Waals surface area contributed by atoms with Gasteiger partial charge in [-0.15, -0.1) is 0 Å². The van der Waals surface area contributed by atoms with Crippen molar-refractivity contribution in [2.75, 3.05) is 4.90 Å². The highest BCUT2D eigenvalue weighted by atomic mass is 16.3. The fourth-order valence-corrected chi connectivity index (χ4v) is 4.02. The normalized spacial score (nSPS) is 16.7. The zero-order chi connectivity index (χ0) is 23.0. The summed E-state index contributed by atoms with van der Waals surface area (Å²) in [6.07, 6.45) is 2.27.